The van der Waals surface area contributed by atoms with E-state index in [1.54, 1.807) is 21.3 Å². The van der Waals surface area contributed by atoms with Crippen molar-refractivity contribution in [2.24, 2.45) is 5.92 Å². The molecule has 6 nitrogen and oxygen atoms in total. The molecule has 0 fully saturated rings. The van der Waals surface area contributed by atoms with Crippen molar-refractivity contribution in [1.29, 1.82) is 0 Å². The van der Waals surface area contributed by atoms with E-state index in [4.69, 9.17) is 14.2 Å². The van der Waals surface area contributed by atoms with E-state index in [-0.39, 0.29) is 29.9 Å². The summed E-state index contributed by atoms with van der Waals surface area (Å²) < 4.78 is 16.5. The standard InChI is InChI=1S/C27H29NO5/c1-28-12-11-27-15-21(29)26(33-4)19(13-16-5-8-18(31-2)9-6-16)24(27)20(28)14-17-7-10-22(32-3)25(30)23(17)27/h5-12,20,24,30H,13-15H2,1-4H3/t20?,24-,27+/m1/s1. The predicted octanol–water partition coefficient (Wildman–Crippen LogP) is 3.76. The summed E-state index contributed by atoms with van der Waals surface area (Å²) in [6.07, 6.45) is 5.76. The Morgan fingerprint density at radius 2 is 1.82 bits per heavy atom. The predicted molar refractivity (Wildman–Crippen MR) is 125 cm³/mol. The minimum Gasteiger partial charge on any atom is -0.504 e. The number of Topliss-reactive ketones (excluding diaryl/α,β-unsaturated/α-hetero) is 1. The Labute approximate surface area is 194 Å². The number of methoxy groups -OCH3 is 3. The second kappa shape index (κ2) is 7.87. The van der Waals surface area contributed by atoms with Crippen LogP contribution in [0, 0.1) is 5.92 Å². The van der Waals surface area contributed by atoms with E-state index >= 15 is 0 Å². The molecule has 1 unspecified atom stereocenters. The zero-order chi connectivity index (χ0) is 23.3. The number of hydrogen-bond acceptors (Lipinski definition) is 6. The molecule has 3 atom stereocenters. The molecule has 0 radical (unpaired) electrons. The van der Waals surface area contributed by atoms with Gasteiger partial charge in [-0.05, 0) is 53.9 Å². The molecule has 2 aromatic carbocycles. The van der Waals surface area contributed by atoms with Gasteiger partial charge in [0.15, 0.2) is 23.0 Å². The summed E-state index contributed by atoms with van der Waals surface area (Å²) in [6, 6.07) is 11.9. The fraction of sp³-hybridized carbons (Fsp3) is 0.370. The summed E-state index contributed by atoms with van der Waals surface area (Å²) in [5.41, 5.74) is 3.28. The first-order valence-electron chi connectivity index (χ1n) is 11.2. The number of rotatable bonds is 5. The average molecular weight is 448 g/mol. The topological polar surface area (TPSA) is 68.2 Å². The zero-order valence-corrected chi connectivity index (χ0v) is 19.4. The van der Waals surface area contributed by atoms with Crippen molar-refractivity contribution in [3.63, 3.8) is 0 Å². The van der Waals surface area contributed by atoms with Crippen LogP contribution in [0.15, 0.2) is 60.0 Å². The molecule has 0 spiro atoms. The van der Waals surface area contributed by atoms with Crippen molar-refractivity contribution in [3.05, 3.63) is 76.7 Å². The normalized spacial score (nSPS) is 25.5. The number of hydrogen-bond donors (Lipinski definition) is 1. The maximum Gasteiger partial charge on any atom is 0.198 e. The molecule has 1 heterocycles. The summed E-state index contributed by atoms with van der Waals surface area (Å²) in [5, 5.41) is 11.2. The minimum absolute atomic E-state index is 0.0206. The van der Waals surface area contributed by atoms with Crippen LogP contribution in [0.1, 0.15) is 23.1 Å². The molecule has 1 N–H and O–H groups in total. The van der Waals surface area contributed by atoms with Crippen molar-refractivity contribution in [2.45, 2.75) is 30.7 Å². The van der Waals surface area contributed by atoms with Crippen LogP contribution in [0.5, 0.6) is 17.2 Å². The number of nitrogens with zero attached hydrogens (tertiary/aromatic N) is 1. The Hall–Kier alpha value is -3.41. The minimum atomic E-state index is -0.649. The molecule has 172 valence electrons. The number of aromatic hydroxyl groups is 1. The van der Waals surface area contributed by atoms with Crippen molar-refractivity contribution in [2.75, 3.05) is 28.4 Å². The van der Waals surface area contributed by atoms with Crippen molar-refractivity contribution < 1.29 is 24.1 Å². The smallest absolute Gasteiger partial charge is 0.198 e. The van der Waals surface area contributed by atoms with Gasteiger partial charge in [0.2, 0.25) is 0 Å². The Bertz CT molecular complexity index is 1170. The lowest BCUT2D eigenvalue weighted by Gasteiger charge is -2.55. The average Bonchev–Trinajstić information content (AvgIpc) is 2.81. The molecular weight excluding hydrogens is 418 g/mol. The van der Waals surface area contributed by atoms with Crippen molar-refractivity contribution >= 4 is 5.78 Å². The molecule has 3 aliphatic rings. The quantitative estimate of drug-likeness (QED) is 0.753. The highest BCUT2D eigenvalue weighted by molar-refractivity contribution is 5.97. The monoisotopic (exact) mass is 447 g/mol. The van der Waals surface area contributed by atoms with Gasteiger partial charge in [0.05, 0.1) is 21.3 Å². The van der Waals surface area contributed by atoms with Crippen LogP contribution < -0.4 is 9.47 Å². The molecule has 2 aromatic rings. The Morgan fingerprint density at radius 3 is 2.48 bits per heavy atom. The number of likely N-dealkylation sites (N-methyl/N-ethyl adjacent to an activating group) is 1. The molecule has 6 heteroatoms. The molecular formula is C27H29NO5. The Kier molecular flexibility index (Phi) is 5.11. The van der Waals surface area contributed by atoms with Gasteiger partial charge in [-0.3, -0.25) is 4.79 Å². The number of fused-ring (bicyclic) bond motifs is 1. The van der Waals surface area contributed by atoms with Crippen LogP contribution in [-0.2, 0) is 27.8 Å². The van der Waals surface area contributed by atoms with Gasteiger partial charge < -0.3 is 24.2 Å². The van der Waals surface area contributed by atoms with Gasteiger partial charge in [-0.25, -0.2) is 0 Å². The Morgan fingerprint density at radius 1 is 1.06 bits per heavy atom. The first-order valence-corrected chi connectivity index (χ1v) is 11.2. The maximum absolute atomic E-state index is 13.5. The highest BCUT2D eigenvalue weighted by Gasteiger charge is 2.57. The number of phenolic OH excluding ortho intramolecular Hbond substituents is 1. The molecule has 2 bridgehead atoms. The third-order valence-corrected chi connectivity index (χ3v) is 7.54. The molecule has 2 aliphatic carbocycles. The number of phenols is 1. The largest absolute Gasteiger partial charge is 0.504 e. The van der Waals surface area contributed by atoms with Crippen LogP contribution in [0.4, 0.5) is 0 Å². The molecule has 1 aliphatic heterocycles. The van der Waals surface area contributed by atoms with Gasteiger partial charge in [0, 0.05) is 36.4 Å². The first kappa shape index (κ1) is 21.4. The van der Waals surface area contributed by atoms with Crippen molar-refractivity contribution in [1.82, 2.24) is 4.90 Å². The van der Waals surface area contributed by atoms with Crippen molar-refractivity contribution in [3.8, 4) is 17.2 Å². The maximum atomic E-state index is 13.5. The van der Waals surface area contributed by atoms with Crippen LogP contribution in [0.3, 0.4) is 0 Å². The fourth-order valence-corrected chi connectivity index (χ4v) is 6.10. The van der Waals surface area contributed by atoms with E-state index in [1.807, 2.05) is 36.4 Å². The molecule has 0 saturated heterocycles. The van der Waals surface area contributed by atoms with Gasteiger partial charge in [-0.1, -0.05) is 24.3 Å². The number of carbonyl (C=O) groups is 1. The summed E-state index contributed by atoms with van der Waals surface area (Å²) in [6.45, 7) is 0. The number of benzene rings is 2. The summed E-state index contributed by atoms with van der Waals surface area (Å²) in [7, 11) is 6.85. The number of carbonyl (C=O) groups excluding carboxylic acids is 1. The lowest BCUT2D eigenvalue weighted by Crippen LogP contribution is -2.58. The highest BCUT2D eigenvalue weighted by Crippen LogP contribution is 2.59. The molecule has 0 saturated carbocycles. The van der Waals surface area contributed by atoms with E-state index in [2.05, 4.69) is 24.2 Å². The lowest BCUT2D eigenvalue weighted by atomic mass is 9.52. The van der Waals surface area contributed by atoms with Crippen LogP contribution in [0.2, 0.25) is 0 Å². The third-order valence-electron chi connectivity index (χ3n) is 7.54. The summed E-state index contributed by atoms with van der Waals surface area (Å²) in [4.78, 5) is 15.7. The second-order valence-electron chi connectivity index (χ2n) is 9.10. The first-order chi connectivity index (χ1) is 15.9. The highest BCUT2D eigenvalue weighted by atomic mass is 16.5. The zero-order valence-electron chi connectivity index (χ0n) is 19.4. The fourth-order valence-electron chi connectivity index (χ4n) is 6.10. The molecule has 33 heavy (non-hydrogen) atoms. The van der Waals surface area contributed by atoms with Gasteiger partial charge in [-0.2, -0.15) is 0 Å². The Balaban J connectivity index is 1.71. The van der Waals surface area contributed by atoms with Crippen LogP contribution >= 0.6 is 0 Å². The van der Waals surface area contributed by atoms with Gasteiger partial charge >= 0.3 is 0 Å². The lowest BCUT2D eigenvalue weighted by molar-refractivity contribution is -0.121. The SMILES string of the molecule is COC1=C(Cc2ccc(OC)cc2)[C@@H]2C3Cc4ccc(OC)c(O)c4[C@]2(C=CN3C)CC1=O. The number of allylic oxidation sites excluding steroid dienone is 2. The van der Waals surface area contributed by atoms with E-state index < -0.39 is 5.41 Å². The van der Waals surface area contributed by atoms with Gasteiger partial charge in [0.25, 0.3) is 0 Å². The molecule has 0 aromatic heterocycles. The van der Waals surface area contributed by atoms with Crippen LogP contribution in [-0.4, -0.2) is 50.2 Å². The van der Waals surface area contributed by atoms with Crippen LogP contribution in [0.25, 0.3) is 0 Å². The molecule has 0 amide bonds. The van der Waals surface area contributed by atoms with E-state index in [9.17, 15) is 9.90 Å². The summed E-state index contributed by atoms with van der Waals surface area (Å²) >= 11 is 0. The van der Waals surface area contributed by atoms with Gasteiger partial charge in [0.1, 0.15) is 5.75 Å². The number of ketones is 1. The third kappa shape index (κ3) is 3.11. The summed E-state index contributed by atoms with van der Waals surface area (Å²) in [5.74, 6) is 1.74. The second-order valence-corrected chi connectivity index (χ2v) is 9.10. The van der Waals surface area contributed by atoms with E-state index in [1.165, 1.54) is 0 Å². The van der Waals surface area contributed by atoms with E-state index in [0.717, 1.165) is 34.4 Å². The number of ether oxygens (including phenoxy) is 3. The van der Waals surface area contributed by atoms with E-state index in [0.29, 0.717) is 17.9 Å². The van der Waals surface area contributed by atoms with Gasteiger partial charge in [-0.15, -0.1) is 0 Å². The molecule has 5 rings (SSSR count).